The summed E-state index contributed by atoms with van der Waals surface area (Å²) in [5.41, 5.74) is 0. The molecule has 1 N–H and O–H groups in total. The monoisotopic (exact) mass is 225 g/mol. The first-order valence-electron chi connectivity index (χ1n) is 4.83. The van der Waals surface area contributed by atoms with Gasteiger partial charge < -0.3 is 14.2 Å². The summed E-state index contributed by atoms with van der Waals surface area (Å²) in [5, 5.41) is 3.66. The lowest BCUT2D eigenvalue weighted by atomic mass is 10.2. The summed E-state index contributed by atoms with van der Waals surface area (Å²) < 4.78 is 10.7. The molecule has 0 amide bonds. The Labute approximate surface area is 93.0 Å². The third-order valence-electron chi connectivity index (χ3n) is 2.11. The lowest BCUT2D eigenvalue weighted by molar-refractivity contribution is 0.394. The summed E-state index contributed by atoms with van der Waals surface area (Å²) >= 11 is 5.74. The SMILES string of the molecule is CCNC(c1ccco1)c1ccc(Cl)o1. The summed E-state index contributed by atoms with van der Waals surface area (Å²) in [6.07, 6.45) is 1.64. The molecule has 0 aliphatic heterocycles. The molecule has 1 atom stereocenters. The van der Waals surface area contributed by atoms with Gasteiger partial charge in [0.2, 0.25) is 0 Å². The van der Waals surface area contributed by atoms with Gasteiger partial charge in [0, 0.05) is 0 Å². The highest BCUT2D eigenvalue weighted by atomic mass is 35.5. The first kappa shape index (κ1) is 10.3. The van der Waals surface area contributed by atoms with Crippen molar-refractivity contribution in [2.45, 2.75) is 13.0 Å². The van der Waals surface area contributed by atoms with Crippen molar-refractivity contribution in [1.82, 2.24) is 5.32 Å². The summed E-state index contributed by atoms with van der Waals surface area (Å²) in [6, 6.07) is 7.26. The molecule has 0 fully saturated rings. The molecule has 0 saturated carbocycles. The molecular formula is C11H12ClNO2. The molecule has 3 nitrogen and oxygen atoms in total. The van der Waals surface area contributed by atoms with Gasteiger partial charge in [-0.3, -0.25) is 0 Å². The molecule has 1 unspecified atom stereocenters. The van der Waals surface area contributed by atoms with Gasteiger partial charge in [0.1, 0.15) is 17.6 Å². The molecule has 2 aromatic rings. The number of halogens is 1. The second kappa shape index (κ2) is 4.55. The number of rotatable bonds is 4. The zero-order valence-corrected chi connectivity index (χ0v) is 9.12. The van der Waals surface area contributed by atoms with Crippen molar-refractivity contribution in [2.75, 3.05) is 6.54 Å². The Balaban J connectivity index is 2.27. The van der Waals surface area contributed by atoms with E-state index in [1.807, 2.05) is 25.1 Å². The number of furan rings is 2. The molecular weight excluding hydrogens is 214 g/mol. The third kappa shape index (κ3) is 2.25. The standard InChI is InChI=1S/C11H12ClNO2/c1-2-13-11(8-4-3-7-14-8)9-5-6-10(12)15-9/h3-7,11,13H,2H2,1H3. The number of nitrogens with one attached hydrogen (secondary N) is 1. The van der Waals surface area contributed by atoms with Crippen LogP contribution in [0.25, 0.3) is 0 Å². The average molecular weight is 226 g/mol. The van der Waals surface area contributed by atoms with E-state index in [4.69, 9.17) is 20.4 Å². The van der Waals surface area contributed by atoms with Crippen LogP contribution >= 0.6 is 11.6 Å². The van der Waals surface area contributed by atoms with Crippen LogP contribution < -0.4 is 5.32 Å². The molecule has 2 rings (SSSR count). The van der Waals surface area contributed by atoms with Crippen molar-refractivity contribution >= 4 is 11.6 Å². The van der Waals surface area contributed by atoms with Gasteiger partial charge in [0.25, 0.3) is 0 Å². The molecule has 80 valence electrons. The van der Waals surface area contributed by atoms with Gasteiger partial charge >= 0.3 is 0 Å². The van der Waals surface area contributed by atoms with E-state index in [0.29, 0.717) is 5.22 Å². The summed E-state index contributed by atoms with van der Waals surface area (Å²) in [6.45, 7) is 2.85. The Morgan fingerprint density at radius 3 is 2.73 bits per heavy atom. The highest BCUT2D eigenvalue weighted by molar-refractivity contribution is 6.28. The third-order valence-corrected chi connectivity index (χ3v) is 2.32. The van der Waals surface area contributed by atoms with Gasteiger partial charge in [-0.25, -0.2) is 0 Å². The van der Waals surface area contributed by atoms with Crippen LogP contribution in [0, 0.1) is 0 Å². The van der Waals surface area contributed by atoms with Crippen LogP contribution in [0.4, 0.5) is 0 Å². The highest BCUT2D eigenvalue weighted by Crippen LogP contribution is 2.25. The summed E-state index contributed by atoms with van der Waals surface area (Å²) in [4.78, 5) is 0. The fourth-order valence-corrected chi connectivity index (χ4v) is 1.64. The highest BCUT2D eigenvalue weighted by Gasteiger charge is 2.18. The average Bonchev–Trinajstić information content (AvgIpc) is 2.85. The minimum atomic E-state index is -0.0718. The molecule has 0 saturated heterocycles. The Kier molecular flexibility index (Phi) is 3.14. The van der Waals surface area contributed by atoms with E-state index in [2.05, 4.69) is 5.32 Å². The fourth-order valence-electron chi connectivity index (χ4n) is 1.48. The minimum Gasteiger partial charge on any atom is -0.467 e. The molecule has 15 heavy (non-hydrogen) atoms. The van der Waals surface area contributed by atoms with Crippen LogP contribution in [0.15, 0.2) is 39.4 Å². The van der Waals surface area contributed by atoms with E-state index >= 15 is 0 Å². The normalized spacial score (nSPS) is 12.9. The predicted molar refractivity (Wildman–Crippen MR) is 57.9 cm³/mol. The van der Waals surface area contributed by atoms with Crippen molar-refractivity contribution < 1.29 is 8.83 Å². The maximum absolute atomic E-state index is 5.74. The van der Waals surface area contributed by atoms with Crippen LogP contribution in [0.5, 0.6) is 0 Å². The van der Waals surface area contributed by atoms with Crippen molar-refractivity contribution in [3.8, 4) is 0 Å². The molecule has 0 aromatic carbocycles. The largest absolute Gasteiger partial charge is 0.467 e. The maximum atomic E-state index is 5.74. The van der Waals surface area contributed by atoms with Gasteiger partial charge in [-0.05, 0) is 42.4 Å². The Morgan fingerprint density at radius 1 is 1.33 bits per heavy atom. The minimum absolute atomic E-state index is 0.0718. The van der Waals surface area contributed by atoms with Gasteiger partial charge in [-0.1, -0.05) is 6.92 Å². The van der Waals surface area contributed by atoms with E-state index in [1.54, 1.807) is 12.3 Å². The molecule has 0 spiro atoms. The van der Waals surface area contributed by atoms with E-state index in [9.17, 15) is 0 Å². The Bertz CT molecular complexity index is 408. The summed E-state index contributed by atoms with van der Waals surface area (Å²) in [5.74, 6) is 1.58. The van der Waals surface area contributed by atoms with Gasteiger partial charge in [-0.15, -0.1) is 0 Å². The molecule has 2 aromatic heterocycles. The van der Waals surface area contributed by atoms with E-state index in [1.165, 1.54) is 0 Å². The molecule has 0 radical (unpaired) electrons. The van der Waals surface area contributed by atoms with Gasteiger partial charge in [-0.2, -0.15) is 0 Å². The first-order chi connectivity index (χ1) is 7.31. The quantitative estimate of drug-likeness (QED) is 0.868. The predicted octanol–water partition coefficient (Wildman–Crippen LogP) is 3.22. The van der Waals surface area contributed by atoms with Crippen LogP contribution in [0.1, 0.15) is 24.5 Å². The maximum Gasteiger partial charge on any atom is 0.193 e. The summed E-state index contributed by atoms with van der Waals surface area (Å²) in [7, 11) is 0. The molecule has 4 heteroatoms. The lowest BCUT2D eigenvalue weighted by Crippen LogP contribution is -2.20. The van der Waals surface area contributed by atoms with Crippen molar-refractivity contribution in [1.29, 1.82) is 0 Å². The van der Waals surface area contributed by atoms with Crippen molar-refractivity contribution in [2.24, 2.45) is 0 Å². The zero-order chi connectivity index (χ0) is 10.7. The second-order valence-corrected chi connectivity index (χ2v) is 3.52. The molecule has 0 bridgehead atoms. The van der Waals surface area contributed by atoms with Crippen molar-refractivity contribution in [3.63, 3.8) is 0 Å². The molecule has 0 aliphatic carbocycles. The van der Waals surface area contributed by atoms with Gasteiger partial charge in [0.15, 0.2) is 5.22 Å². The second-order valence-electron chi connectivity index (χ2n) is 3.15. The fraction of sp³-hybridized carbons (Fsp3) is 0.273. The lowest BCUT2D eigenvalue weighted by Gasteiger charge is -2.12. The number of hydrogen-bond acceptors (Lipinski definition) is 3. The first-order valence-corrected chi connectivity index (χ1v) is 5.21. The van der Waals surface area contributed by atoms with Crippen LogP contribution in [-0.4, -0.2) is 6.54 Å². The van der Waals surface area contributed by atoms with E-state index < -0.39 is 0 Å². The molecule has 0 aliphatic rings. The smallest absolute Gasteiger partial charge is 0.193 e. The van der Waals surface area contributed by atoms with E-state index in [-0.39, 0.29) is 6.04 Å². The molecule has 2 heterocycles. The Hall–Kier alpha value is -1.19. The van der Waals surface area contributed by atoms with Crippen LogP contribution in [-0.2, 0) is 0 Å². The topological polar surface area (TPSA) is 38.3 Å². The zero-order valence-electron chi connectivity index (χ0n) is 8.37. The van der Waals surface area contributed by atoms with Crippen LogP contribution in [0.2, 0.25) is 5.22 Å². The number of hydrogen-bond donors (Lipinski definition) is 1. The van der Waals surface area contributed by atoms with Crippen molar-refractivity contribution in [3.05, 3.63) is 47.3 Å². The van der Waals surface area contributed by atoms with E-state index in [0.717, 1.165) is 18.1 Å². The van der Waals surface area contributed by atoms with Gasteiger partial charge in [0.05, 0.1) is 6.26 Å². The van der Waals surface area contributed by atoms with Crippen LogP contribution in [0.3, 0.4) is 0 Å². The Morgan fingerprint density at radius 2 is 2.20 bits per heavy atom.